The van der Waals surface area contributed by atoms with E-state index in [2.05, 4.69) is 16.8 Å². The molecule has 1 aromatic heterocycles. The number of nitrogens with zero attached hydrogens (tertiary/aromatic N) is 2. The lowest BCUT2D eigenvalue weighted by atomic mass is 10.1. The summed E-state index contributed by atoms with van der Waals surface area (Å²) in [6.07, 6.45) is 4.25. The van der Waals surface area contributed by atoms with E-state index in [9.17, 15) is 4.39 Å². The van der Waals surface area contributed by atoms with Gasteiger partial charge < -0.3 is 10.6 Å². The van der Waals surface area contributed by atoms with E-state index in [1.807, 2.05) is 18.2 Å². The molecule has 2 N–H and O–H groups in total. The van der Waals surface area contributed by atoms with Crippen molar-refractivity contribution in [3.05, 3.63) is 59.7 Å². The van der Waals surface area contributed by atoms with Crippen molar-refractivity contribution in [3.63, 3.8) is 0 Å². The van der Waals surface area contributed by atoms with Gasteiger partial charge in [-0.3, -0.25) is 4.98 Å². The molecule has 0 bridgehead atoms. The fraction of sp³-hybridized carbons (Fsp3) is 0.312. The number of nitrogens with two attached hydrogens (primary N) is 1. The maximum atomic E-state index is 13.4. The molecule has 20 heavy (non-hydrogen) atoms. The second-order valence-corrected chi connectivity index (χ2v) is 4.68. The maximum absolute atomic E-state index is 13.4. The smallest absolute Gasteiger partial charge is 0.123 e. The Morgan fingerprint density at radius 3 is 2.60 bits per heavy atom. The van der Waals surface area contributed by atoms with Crippen LogP contribution in [0.25, 0.3) is 0 Å². The van der Waals surface area contributed by atoms with Crippen molar-refractivity contribution in [1.29, 1.82) is 0 Å². The molecule has 0 aliphatic rings. The van der Waals surface area contributed by atoms with Crippen LogP contribution in [0.15, 0.2) is 42.7 Å². The molecule has 3 nitrogen and oxygen atoms in total. The Bertz CT molecular complexity index is 543. The quantitative estimate of drug-likeness (QED) is 0.880. The molecule has 1 aromatic carbocycles. The summed E-state index contributed by atoms with van der Waals surface area (Å²) in [5, 5.41) is 0. The van der Waals surface area contributed by atoms with Gasteiger partial charge in [0.2, 0.25) is 0 Å². The van der Waals surface area contributed by atoms with Crippen molar-refractivity contribution in [2.45, 2.75) is 19.9 Å². The van der Waals surface area contributed by atoms with Gasteiger partial charge in [-0.25, -0.2) is 4.39 Å². The van der Waals surface area contributed by atoms with Gasteiger partial charge >= 0.3 is 0 Å². The monoisotopic (exact) mass is 273 g/mol. The standard InChI is InChI=1S/C16H20FN3/c1-2-20(12-13-6-9-19-10-7-13)16-4-3-15(17)11-14(16)5-8-18/h3-4,6-7,9-11H,2,5,8,12,18H2,1H3. The molecule has 2 aromatic rings. The Kier molecular flexibility index (Phi) is 5.07. The summed E-state index contributed by atoms with van der Waals surface area (Å²) in [6, 6.07) is 8.91. The predicted octanol–water partition coefficient (Wildman–Crippen LogP) is 2.75. The van der Waals surface area contributed by atoms with Gasteiger partial charge in [-0.15, -0.1) is 0 Å². The summed E-state index contributed by atoms with van der Waals surface area (Å²) in [6.45, 7) is 4.24. The first kappa shape index (κ1) is 14.5. The van der Waals surface area contributed by atoms with Gasteiger partial charge in [0.05, 0.1) is 0 Å². The maximum Gasteiger partial charge on any atom is 0.123 e. The van der Waals surface area contributed by atoms with Crippen molar-refractivity contribution < 1.29 is 4.39 Å². The van der Waals surface area contributed by atoms with Crippen LogP contribution in [-0.2, 0) is 13.0 Å². The lowest BCUT2D eigenvalue weighted by Crippen LogP contribution is -2.24. The van der Waals surface area contributed by atoms with Gasteiger partial charge in [0, 0.05) is 31.2 Å². The zero-order valence-electron chi connectivity index (χ0n) is 11.7. The third kappa shape index (κ3) is 3.54. The number of benzene rings is 1. The molecule has 4 heteroatoms. The number of anilines is 1. The van der Waals surface area contributed by atoms with Crippen LogP contribution >= 0.6 is 0 Å². The highest BCUT2D eigenvalue weighted by molar-refractivity contribution is 5.54. The average molecular weight is 273 g/mol. The molecule has 0 saturated heterocycles. The van der Waals surface area contributed by atoms with Crippen LogP contribution in [-0.4, -0.2) is 18.1 Å². The first-order chi connectivity index (χ1) is 9.74. The Morgan fingerprint density at radius 1 is 1.20 bits per heavy atom. The van der Waals surface area contributed by atoms with E-state index in [0.717, 1.165) is 24.3 Å². The van der Waals surface area contributed by atoms with Gasteiger partial charge in [-0.1, -0.05) is 0 Å². The number of halogens is 1. The largest absolute Gasteiger partial charge is 0.367 e. The minimum Gasteiger partial charge on any atom is -0.367 e. The van der Waals surface area contributed by atoms with Crippen LogP contribution in [0.5, 0.6) is 0 Å². The van der Waals surface area contributed by atoms with Gasteiger partial charge in [0.15, 0.2) is 0 Å². The zero-order valence-corrected chi connectivity index (χ0v) is 11.7. The van der Waals surface area contributed by atoms with E-state index in [1.165, 1.54) is 11.6 Å². The van der Waals surface area contributed by atoms with E-state index < -0.39 is 0 Å². The Balaban J connectivity index is 2.27. The molecule has 0 fully saturated rings. The third-order valence-electron chi connectivity index (χ3n) is 3.30. The number of pyridine rings is 1. The summed E-state index contributed by atoms with van der Waals surface area (Å²) >= 11 is 0. The van der Waals surface area contributed by atoms with Crippen LogP contribution in [0.1, 0.15) is 18.1 Å². The summed E-state index contributed by atoms with van der Waals surface area (Å²) in [4.78, 5) is 6.25. The van der Waals surface area contributed by atoms with E-state index in [-0.39, 0.29) is 5.82 Å². The van der Waals surface area contributed by atoms with Crippen LogP contribution in [0.3, 0.4) is 0 Å². The summed E-state index contributed by atoms with van der Waals surface area (Å²) < 4.78 is 13.4. The minimum absolute atomic E-state index is 0.211. The second kappa shape index (κ2) is 7.01. The van der Waals surface area contributed by atoms with Gasteiger partial charge in [-0.05, 0) is 61.3 Å². The molecular weight excluding hydrogens is 253 g/mol. The van der Waals surface area contributed by atoms with E-state index in [4.69, 9.17) is 5.73 Å². The van der Waals surface area contributed by atoms with Gasteiger partial charge in [-0.2, -0.15) is 0 Å². The average Bonchev–Trinajstić information content (AvgIpc) is 2.47. The molecule has 0 aliphatic heterocycles. The fourth-order valence-electron chi connectivity index (χ4n) is 2.29. The number of aromatic nitrogens is 1. The third-order valence-corrected chi connectivity index (χ3v) is 3.30. The molecule has 0 aliphatic carbocycles. The fourth-order valence-corrected chi connectivity index (χ4v) is 2.29. The minimum atomic E-state index is -0.211. The molecular formula is C16H20FN3. The molecule has 1 heterocycles. The van der Waals surface area contributed by atoms with E-state index in [1.54, 1.807) is 18.5 Å². The number of hydrogen-bond donors (Lipinski definition) is 1. The van der Waals surface area contributed by atoms with Crippen LogP contribution in [0, 0.1) is 5.82 Å². The lowest BCUT2D eigenvalue weighted by Gasteiger charge is -2.26. The molecule has 0 atom stereocenters. The lowest BCUT2D eigenvalue weighted by molar-refractivity contribution is 0.624. The summed E-state index contributed by atoms with van der Waals surface area (Å²) in [5.74, 6) is -0.211. The predicted molar refractivity (Wildman–Crippen MR) is 80.1 cm³/mol. The highest BCUT2D eigenvalue weighted by Crippen LogP contribution is 2.23. The van der Waals surface area contributed by atoms with Crippen molar-refractivity contribution in [3.8, 4) is 0 Å². The zero-order chi connectivity index (χ0) is 14.4. The van der Waals surface area contributed by atoms with E-state index in [0.29, 0.717) is 13.0 Å². The van der Waals surface area contributed by atoms with Gasteiger partial charge in [0.1, 0.15) is 5.82 Å². The number of rotatable bonds is 6. The Labute approximate surface area is 119 Å². The highest BCUT2D eigenvalue weighted by Gasteiger charge is 2.11. The number of hydrogen-bond acceptors (Lipinski definition) is 3. The molecule has 106 valence electrons. The topological polar surface area (TPSA) is 42.2 Å². The van der Waals surface area contributed by atoms with Crippen LogP contribution in [0.4, 0.5) is 10.1 Å². The molecule has 0 spiro atoms. The normalized spacial score (nSPS) is 10.6. The first-order valence-electron chi connectivity index (χ1n) is 6.87. The van der Waals surface area contributed by atoms with Crippen molar-refractivity contribution >= 4 is 5.69 Å². The van der Waals surface area contributed by atoms with Crippen LogP contribution in [0.2, 0.25) is 0 Å². The highest BCUT2D eigenvalue weighted by atomic mass is 19.1. The summed E-state index contributed by atoms with van der Waals surface area (Å²) in [7, 11) is 0. The SMILES string of the molecule is CCN(Cc1ccncc1)c1ccc(F)cc1CCN. The molecule has 0 radical (unpaired) electrons. The van der Waals surface area contributed by atoms with Crippen molar-refractivity contribution in [2.75, 3.05) is 18.0 Å². The second-order valence-electron chi connectivity index (χ2n) is 4.68. The summed E-state index contributed by atoms with van der Waals surface area (Å²) in [5.41, 5.74) is 8.82. The molecule has 0 saturated carbocycles. The molecule has 0 unspecified atom stereocenters. The Hall–Kier alpha value is -1.94. The Morgan fingerprint density at radius 2 is 1.95 bits per heavy atom. The van der Waals surface area contributed by atoms with Crippen molar-refractivity contribution in [2.24, 2.45) is 5.73 Å². The molecule has 2 rings (SSSR count). The van der Waals surface area contributed by atoms with E-state index >= 15 is 0 Å². The van der Waals surface area contributed by atoms with Crippen LogP contribution < -0.4 is 10.6 Å². The molecule has 0 amide bonds. The van der Waals surface area contributed by atoms with Crippen molar-refractivity contribution in [1.82, 2.24) is 4.98 Å². The first-order valence-corrected chi connectivity index (χ1v) is 6.87. The van der Waals surface area contributed by atoms with Gasteiger partial charge in [0.25, 0.3) is 0 Å².